The average Bonchev–Trinajstić information content (AvgIpc) is 2.14. The number of benzene rings is 1. The number of halogens is 10. The van der Waals surface area contributed by atoms with Crippen molar-refractivity contribution in [2.75, 3.05) is 0 Å². The highest BCUT2D eigenvalue weighted by Crippen LogP contribution is 3.08. The van der Waals surface area contributed by atoms with Gasteiger partial charge in [0.05, 0.1) is 0 Å². The number of hydrogen-bond donors (Lipinski definition) is 0. The van der Waals surface area contributed by atoms with Crippen molar-refractivity contribution in [2.45, 2.75) is 15.5 Å². The minimum Gasteiger partial charge on any atom is -0.206 e. The Labute approximate surface area is 105 Å². The van der Waals surface area contributed by atoms with Crippen LogP contribution in [0.2, 0.25) is 0 Å². The summed E-state index contributed by atoms with van der Waals surface area (Å²) in [5.41, 5.74) is 0. The number of rotatable bonds is 3. The molecule has 0 aliphatic rings. The maximum Gasteiger partial charge on any atom is 0.434 e. The minimum absolute atomic E-state index is 0.0100. The Balaban J connectivity index is 3.80. The highest BCUT2D eigenvalue weighted by molar-refractivity contribution is 8.50. The summed E-state index contributed by atoms with van der Waals surface area (Å²) in [5.74, 6) is -2.44. The Kier molecular flexibility index (Phi) is 2.96. The molecule has 0 aromatic heterocycles. The third-order valence-corrected chi connectivity index (χ3v) is 4.98. The van der Waals surface area contributed by atoms with E-state index in [-0.39, 0.29) is 6.07 Å². The van der Waals surface area contributed by atoms with Crippen molar-refractivity contribution in [3.63, 3.8) is 0 Å². The van der Waals surface area contributed by atoms with Crippen LogP contribution < -0.4 is 0 Å². The fourth-order valence-electron chi connectivity index (χ4n) is 1.15. The van der Waals surface area contributed by atoms with E-state index >= 15 is 0 Å². The highest BCUT2D eigenvalue weighted by atomic mass is 35.5. The van der Waals surface area contributed by atoms with E-state index in [0.717, 1.165) is 0 Å². The molecular formula is C8H4ClF9S. The second-order valence-corrected chi connectivity index (χ2v) is 7.08. The van der Waals surface area contributed by atoms with Gasteiger partial charge in [-0.25, -0.2) is 4.39 Å². The van der Waals surface area contributed by atoms with E-state index in [1.54, 1.807) is 0 Å². The second-order valence-electron chi connectivity index (χ2n) is 3.51. The fraction of sp³-hybridized carbons (Fsp3) is 0.250. The predicted molar refractivity (Wildman–Crippen MR) is 52.4 cm³/mol. The smallest absolute Gasteiger partial charge is 0.206 e. The second kappa shape index (κ2) is 3.46. The van der Waals surface area contributed by atoms with Gasteiger partial charge in [0.25, 0.3) is 9.84 Å². The third-order valence-electron chi connectivity index (χ3n) is 2.12. The molecule has 19 heavy (non-hydrogen) atoms. The van der Waals surface area contributed by atoms with Crippen molar-refractivity contribution in [3.8, 4) is 0 Å². The van der Waals surface area contributed by atoms with Gasteiger partial charge in [-0.15, -0.1) is 15.5 Å². The van der Waals surface area contributed by atoms with E-state index in [0.29, 0.717) is 12.1 Å². The number of alkyl halides is 5. The van der Waals surface area contributed by atoms with Gasteiger partial charge in [-0.2, -0.15) is 17.6 Å². The molecule has 0 bridgehead atoms. The minimum atomic E-state index is -11.0. The maximum atomic E-state index is 13.3. The monoisotopic (exact) mass is 338 g/mol. The normalized spacial score (nSPS) is 17.8. The van der Waals surface area contributed by atoms with Gasteiger partial charge in [0.15, 0.2) is 0 Å². The van der Waals surface area contributed by atoms with Crippen molar-refractivity contribution < 1.29 is 37.5 Å². The standard InChI is InChI=1S/C8H4ClF9S/c9-7(11,12)8(13,14)19(15,16,17,18)6-4-2-1-3-5(6)10/h1-4H. The Bertz CT molecular complexity index is 514. The predicted octanol–water partition coefficient (Wildman–Crippen LogP) is 6.02. The summed E-state index contributed by atoms with van der Waals surface area (Å²) in [6.07, 6.45) is 0. The lowest BCUT2D eigenvalue weighted by Gasteiger charge is -2.54. The fourth-order valence-corrected chi connectivity index (χ4v) is 3.17. The molecule has 0 atom stereocenters. The van der Waals surface area contributed by atoms with Gasteiger partial charge in [0, 0.05) is 0 Å². The van der Waals surface area contributed by atoms with Crippen LogP contribution in [0.5, 0.6) is 0 Å². The first-order valence-corrected chi connectivity index (χ1v) is 6.67. The zero-order valence-electron chi connectivity index (χ0n) is 8.50. The molecule has 0 spiro atoms. The molecule has 11 heteroatoms. The first-order valence-electron chi connectivity index (χ1n) is 4.24. The Hall–Kier alpha value is -0.770. The molecule has 0 amide bonds. The molecule has 1 rings (SSSR count). The summed E-state index contributed by atoms with van der Waals surface area (Å²) in [4.78, 5) is -3.09. The summed E-state index contributed by atoms with van der Waals surface area (Å²) in [5, 5.41) is -13.5. The summed E-state index contributed by atoms with van der Waals surface area (Å²) >= 11 is 3.65. The van der Waals surface area contributed by atoms with Crippen molar-refractivity contribution in [2.24, 2.45) is 0 Å². The molecule has 0 aliphatic carbocycles. The van der Waals surface area contributed by atoms with Gasteiger partial charge in [-0.05, 0) is 23.7 Å². The van der Waals surface area contributed by atoms with Crippen LogP contribution in [0.25, 0.3) is 0 Å². The lowest BCUT2D eigenvalue weighted by Crippen LogP contribution is -2.48. The van der Waals surface area contributed by atoms with E-state index in [4.69, 9.17) is 0 Å². The van der Waals surface area contributed by atoms with Crippen molar-refractivity contribution in [1.29, 1.82) is 0 Å². The lowest BCUT2D eigenvalue weighted by atomic mass is 10.3. The van der Waals surface area contributed by atoms with Crippen LogP contribution in [0.1, 0.15) is 0 Å². The highest BCUT2D eigenvalue weighted by Gasteiger charge is 2.91. The zero-order chi connectivity index (χ0) is 15.4. The van der Waals surface area contributed by atoms with E-state index in [2.05, 4.69) is 11.6 Å². The topological polar surface area (TPSA) is 0 Å². The molecule has 0 nitrogen and oxygen atoms in total. The molecule has 0 fully saturated rings. The molecule has 0 unspecified atom stereocenters. The molecule has 112 valence electrons. The summed E-state index contributed by atoms with van der Waals surface area (Å²) in [6, 6.07) is 0.631. The molecule has 0 aliphatic heterocycles. The van der Waals surface area contributed by atoms with Gasteiger partial charge in [0.2, 0.25) is 0 Å². The zero-order valence-corrected chi connectivity index (χ0v) is 10.1. The van der Waals surface area contributed by atoms with Crippen LogP contribution >= 0.6 is 21.4 Å². The van der Waals surface area contributed by atoms with Crippen LogP contribution in [0, 0.1) is 5.82 Å². The summed E-state index contributed by atoms with van der Waals surface area (Å²) < 4.78 is 116. The van der Waals surface area contributed by atoms with Crippen LogP contribution in [0.15, 0.2) is 29.2 Å². The Morgan fingerprint density at radius 1 is 0.895 bits per heavy atom. The van der Waals surface area contributed by atoms with Crippen molar-refractivity contribution in [3.05, 3.63) is 30.1 Å². The number of hydrogen-bond acceptors (Lipinski definition) is 0. The quantitative estimate of drug-likeness (QED) is 0.467. The Morgan fingerprint density at radius 3 is 1.68 bits per heavy atom. The van der Waals surface area contributed by atoms with Gasteiger partial charge in [-0.3, -0.25) is 0 Å². The SMILES string of the molecule is Fc1ccccc1S(F)(F)(F)(F)C(F)(F)C(F)(F)Cl. The Morgan fingerprint density at radius 2 is 1.32 bits per heavy atom. The largest absolute Gasteiger partial charge is 0.434 e. The lowest BCUT2D eigenvalue weighted by molar-refractivity contribution is -0.113. The molecule has 0 saturated carbocycles. The molecule has 0 saturated heterocycles. The van der Waals surface area contributed by atoms with Crippen molar-refractivity contribution in [1.82, 2.24) is 0 Å². The molecule has 0 radical (unpaired) electrons. The molecule has 1 aromatic rings. The third kappa shape index (κ3) is 2.04. The van der Waals surface area contributed by atoms with E-state index < -0.39 is 37.3 Å². The van der Waals surface area contributed by atoms with Crippen molar-refractivity contribution >= 4 is 21.4 Å². The average molecular weight is 339 g/mol. The van der Waals surface area contributed by atoms with Crippen LogP contribution in [0.3, 0.4) is 0 Å². The first kappa shape index (κ1) is 16.3. The van der Waals surface area contributed by atoms with E-state index in [9.17, 15) is 37.5 Å². The van der Waals surface area contributed by atoms with Crippen LogP contribution in [-0.4, -0.2) is 10.6 Å². The summed E-state index contributed by atoms with van der Waals surface area (Å²) in [7, 11) is -11.0. The summed E-state index contributed by atoms with van der Waals surface area (Å²) in [6.45, 7) is 0. The van der Waals surface area contributed by atoms with E-state index in [1.807, 2.05) is 0 Å². The molecular weight excluding hydrogens is 335 g/mol. The van der Waals surface area contributed by atoms with Crippen LogP contribution in [0.4, 0.5) is 37.5 Å². The first-order chi connectivity index (χ1) is 8.05. The van der Waals surface area contributed by atoms with E-state index in [1.165, 1.54) is 0 Å². The molecule has 0 N–H and O–H groups in total. The van der Waals surface area contributed by atoms with Crippen LogP contribution in [-0.2, 0) is 0 Å². The van der Waals surface area contributed by atoms with Gasteiger partial charge in [0.1, 0.15) is 10.7 Å². The maximum absolute atomic E-state index is 13.3. The molecule has 1 aromatic carbocycles. The molecule has 0 heterocycles. The van der Waals surface area contributed by atoms with Gasteiger partial charge < -0.3 is 0 Å². The van der Waals surface area contributed by atoms with Gasteiger partial charge in [-0.1, -0.05) is 12.1 Å². The van der Waals surface area contributed by atoms with Gasteiger partial charge >= 0.3 is 10.6 Å².